The molecule has 0 aromatic carbocycles. The molecule has 0 bridgehead atoms. The smallest absolute Gasteiger partial charge is 0.122 e. The average Bonchev–Trinajstić information content (AvgIpc) is 2.26. The van der Waals surface area contributed by atoms with E-state index in [9.17, 15) is 0 Å². The number of hydrogen-bond acceptors (Lipinski definition) is 4. The molecule has 2 rings (SSSR count). The molecular formula is C14H22N2O2. The van der Waals surface area contributed by atoms with E-state index in [0.717, 1.165) is 30.2 Å². The van der Waals surface area contributed by atoms with Gasteiger partial charge in [0.2, 0.25) is 0 Å². The van der Waals surface area contributed by atoms with E-state index < -0.39 is 0 Å². The number of methoxy groups -OCH3 is 1. The van der Waals surface area contributed by atoms with Crippen LogP contribution in [-0.4, -0.2) is 41.3 Å². The van der Waals surface area contributed by atoms with Crippen molar-refractivity contribution in [1.29, 1.82) is 0 Å². The lowest BCUT2D eigenvalue weighted by Gasteiger charge is -2.37. The first-order valence-electron chi connectivity index (χ1n) is 6.59. The summed E-state index contributed by atoms with van der Waals surface area (Å²) in [6, 6.07) is 4.53. The number of hydrogen-bond donors (Lipinski definition) is 1. The van der Waals surface area contributed by atoms with Crippen molar-refractivity contribution in [3.8, 4) is 5.75 Å². The summed E-state index contributed by atoms with van der Waals surface area (Å²) >= 11 is 0. The molecule has 1 aliphatic rings. The predicted octanol–water partition coefficient (Wildman–Crippen LogP) is 1.75. The molecule has 1 aromatic heterocycles. The molecule has 0 aliphatic heterocycles. The van der Waals surface area contributed by atoms with Gasteiger partial charge in [0.25, 0.3) is 0 Å². The minimum absolute atomic E-state index is 0.208. The van der Waals surface area contributed by atoms with Crippen molar-refractivity contribution in [2.45, 2.75) is 38.8 Å². The topological polar surface area (TPSA) is 45.6 Å². The fraction of sp³-hybridized carbons (Fsp3) is 0.643. The van der Waals surface area contributed by atoms with Gasteiger partial charge in [0.1, 0.15) is 5.75 Å². The standard InChI is InChI=1S/C14H22N2O2/c1-11-8-14(18-2)9-12(15-11)10-16(6-7-17)13-4-3-5-13/h8-9,13,17H,3-7,10H2,1-2H3. The molecule has 100 valence electrons. The third kappa shape index (κ3) is 3.21. The first kappa shape index (κ1) is 13.3. The maximum atomic E-state index is 9.15. The van der Waals surface area contributed by atoms with E-state index in [1.807, 2.05) is 19.1 Å². The molecule has 18 heavy (non-hydrogen) atoms. The molecular weight excluding hydrogens is 228 g/mol. The van der Waals surface area contributed by atoms with Crippen molar-refractivity contribution in [3.05, 3.63) is 23.5 Å². The number of aliphatic hydroxyl groups excluding tert-OH is 1. The molecule has 1 N–H and O–H groups in total. The summed E-state index contributed by atoms with van der Waals surface area (Å²) < 4.78 is 5.27. The number of aliphatic hydroxyl groups is 1. The van der Waals surface area contributed by atoms with Gasteiger partial charge in [-0.2, -0.15) is 0 Å². The molecule has 4 heteroatoms. The zero-order chi connectivity index (χ0) is 13.0. The fourth-order valence-corrected chi connectivity index (χ4v) is 2.38. The minimum atomic E-state index is 0.208. The van der Waals surface area contributed by atoms with Crippen molar-refractivity contribution in [1.82, 2.24) is 9.88 Å². The summed E-state index contributed by atoms with van der Waals surface area (Å²) in [6.07, 6.45) is 3.78. The molecule has 0 atom stereocenters. The maximum Gasteiger partial charge on any atom is 0.122 e. The Morgan fingerprint density at radius 3 is 2.78 bits per heavy atom. The predicted molar refractivity (Wildman–Crippen MR) is 70.7 cm³/mol. The van der Waals surface area contributed by atoms with Gasteiger partial charge in [-0.15, -0.1) is 0 Å². The molecule has 1 heterocycles. The van der Waals surface area contributed by atoms with Crippen molar-refractivity contribution in [2.75, 3.05) is 20.3 Å². The van der Waals surface area contributed by atoms with E-state index in [2.05, 4.69) is 9.88 Å². The summed E-state index contributed by atoms with van der Waals surface area (Å²) in [6.45, 7) is 3.71. The van der Waals surface area contributed by atoms with Crippen LogP contribution in [0.4, 0.5) is 0 Å². The summed E-state index contributed by atoms with van der Waals surface area (Å²) in [5.41, 5.74) is 1.99. The maximum absolute atomic E-state index is 9.15. The molecule has 1 aromatic rings. The monoisotopic (exact) mass is 250 g/mol. The largest absolute Gasteiger partial charge is 0.497 e. The molecule has 0 spiro atoms. The number of nitrogens with zero attached hydrogens (tertiary/aromatic N) is 2. The summed E-state index contributed by atoms with van der Waals surface area (Å²) in [7, 11) is 1.68. The Morgan fingerprint density at radius 2 is 2.22 bits per heavy atom. The van der Waals surface area contributed by atoms with Crippen LogP contribution in [0.1, 0.15) is 30.7 Å². The van der Waals surface area contributed by atoms with Crippen molar-refractivity contribution in [3.63, 3.8) is 0 Å². The van der Waals surface area contributed by atoms with Gasteiger partial charge in [0.05, 0.1) is 19.4 Å². The van der Waals surface area contributed by atoms with E-state index in [4.69, 9.17) is 9.84 Å². The highest BCUT2D eigenvalue weighted by Crippen LogP contribution is 2.26. The molecule has 1 saturated carbocycles. The quantitative estimate of drug-likeness (QED) is 0.835. The van der Waals surface area contributed by atoms with Crippen molar-refractivity contribution in [2.24, 2.45) is 0 Å². The van der Waals surface area contributed by atoms with Gasteiger partial charge in [-0.1, -0.05) is 6.42 Å². The third-order valence-corrected chi connectivity index (χ3v) is 3.56. The fourth-order valence-electron chi connectivity index (χ4n) is 2.38. The van der Waals surface area contributed by atoms with Crippen LogP contribution in [0.3, 0.4) is 0 Å². The average molecular weight is 250 g/mol. The molecule has 0 saturated heterocycles. The number of aromatic nitrogens is 1. The number of ether oxygens (including phenoxy) is 1. The first-order valence-corrected chi connectivity index (χ1v) is 6.59. The second kappa shape index (κ2) is 6.16. The van der Waals surface area contributed by atoms with Gasteiger partial charge >= 0.3 is 0 Å². The Morgan fingerprint density at radius 1 is 1.44 bits per heavy atom. The number of rotatable bonds is 6. The van der Waals surface area contributed by atoms with Crippen LogP contribution in [0.2, 0.25) is 0 Å². The van der Waals surface area contributed by atoms with E-state index in [1.54, 1.807) is 7.11 Å². The molecule has 1 aliphatic carbocycles. The van der Waals surface area contributed by atoms with Gasteiger partial charge < -0.3 is 9.84 Å². The zero-order valence-electron chi connectivity index (χ0n) is 11.2. The second-order valence-electron chi connectivity index (χ2n) is 4.92. The second-order valence-corrected chi connectivity index (χ2v) is 4.92. The summed E-state index contributed by atoms with van der Waals surface area (Å²) in [5, 5.41) is 9.15. The molecule has 1 fully saturated rings. The van der Waals surface area contributed by atoms with Crippen LogP contribution < -0.4 is 4.74 Å². The number of aryl methyl sites for hydroxylation is 1. The van der Waals surface area contributed by atoms with Gasteiger partial charge in [0, 0.05) is 37.0 Å². The van der Waals surface area contributed by atoms with Crippen LogP contribution in [0.5, 0.6) is 5.75 Å². The van der Waals surface area contributed by atoms with Crippen LogP contribution >= 0.6 is 0 Å². The Hall–Kier alpha value is -1.13. The highest BCUT2D eigenvalue weighted by Gasteiger charge is 2.24. The SMILES string of the molecule is COc1cc(C)nc(CN(CCO)C2CCC2)c1. The lowest BCUT2D eigenvalue weighted by Crippen LogP contribution is -2.41. The van der Waals surface area contributed by atoms with E-state index in [1.165, 1.54) is 19.3 Å². The molecule has 0 radical (unpaired) electrons. The molecule has 4 nitrogen and oxygen atoms in total. The van der Waals surface area contributed by atoms with Crippen LogP contribution in [0.15, 0.2) is 12.1 Å². The lowest BCUT2D eigenvalue weighted by molar-refractivity contribution is 0.0932. The Kier molecular flexibility index (Phi) is 4.55. The highest BCUT2D eigenvalue weighted by molar-refractivity contribution is 5.26. The third-order valence-electron chi connectivity index (χ3n) is 3.56. The van der Waals surface area contributed by atoms with Gasteiger partial charge in [-0.3, -0.25) is 9.88 Å². The first-order chi connectivity index (χ1) is 8.72. The molecule has 0 amide bonds. The highest BCUT2D eigenvalue weighted by atomic mass is 16.5. The number of pyridine rings is 1. The normalized spacial score (nSPS) is 15.8. The Balaban J connectivity index is 2.07. The van der Waals surface area contributed by atoms with Gasteiger partial charge in [-0.25, -0.2) is 0 Å². The van der Waals surface area contributed by atoms with E-state index >= 15 is 0 Å². The van der Waals surface area contributed by atoms with Crippen LogP contribution in [-0.2, 0) is 6.54 Å². The molecule has 0 unspecified atom stereocenters. The Bertz CT molecular complexity index is 391. The zero-order valence-corrected chi connectivity index (χ0v) is 11.2. The van der Waals surface area contributed by atoms with Crippen LogP contribution in [0, 0.1) is 6.92 Å². The van der Waals surface area contributed by atoms with Gasteiger partial charge in [0.15, 0.2) is 0 Å². The Labute approximate surface area is 109 Å². The van der Waals surface area contributed by atoms with Crippen molar-refractivity contribution < 1.29 is 9.84 Å². The minimum Gasteiger partial charge on any atom is -0.497 e. The summed E-state index contributed by atoms with van der Waals surface area (Å²) in [5.74, 6) is 0.857. The van der Waals surface area contributed by atoms with Gasteiger partial charge in [-0.05, 0) is 19.8 Å². The van der Waals surface area contributed by atoms with Crippen molar-refractivity contribution >= 4 is 0 Å². The van der Waals surface area contributed by atoms with Crippen LogP contribution in [0.25, 0.3) is 0 Å². The summed E-state index contributed by atoms with van der Waals surface area (Å²) in [4.78, 5) is 6.87. The lowest BCUT2D eigenvalue weighted by atomic mass is 9.91. The van der Waals surface area contributed by atoms with E-state index in [-0.39, 0.29) is 6.61 Å². The van der Waals surface area contributed by atoms with E-state index in [0.29, 0.717) is 6.04 Å².